The molecule has 1 saturated heterocycles. The first kappa shape index (κ1) is 17.8. The average molecular weight is 319 g/mol. The molecule has 1 unspecified atom stereocenters. The Bertz CT molecular complexity index is 482. The van der Waals surface area contributed by atoms with E-state index in [0.29, 0.717) is 0 Å². The zero-order valence-electron chi connectivity index (χ0n) is 14.3. The van der Waals surface area contributed by atoms with Crippen LogP contribution in [0.4, 0.5) is 0 Å². The van der Waals surface area contributed by atoms with Gasteiger partial charge in [-0.25, -0.2) is 0 Å². The number of nitrogens with zero attached hydrogens (tertiary/aromatic N) is 2. The Hall–Kier alpha value is -1.59. The van der Waals surface area contributed by atoms with Gasteiger partial charge in [0.15, 0.2) is 0 Å². The smallest absolute Gasteiger partial charge is 0.253 e. The summed E-state index contributed by atoms with van der Waals surface area (Å²) in [6.45, 7) is 9.33. The van der Waals surface area contributed by atoms with Crippen LogP contribution in [0.3, 0.4) is 0 Å². The van der Waals surface area contributed by atoms with Crippen LogP contribution in [0.2, 0.25) is 0 Å². The molecule has 128 valence electrons. The third-order valence-electron chi connectivity index (χ3n) is 4.35. The molecule has 1 aliphatic rings. The fourth-order valence-electron chi connectivity index (χ4n) is 2.66. The van der Waals surface area contributed by atoms with Gasteiger partial charge in [0.1, 0.15) is 5.75 Å². The standard InChI is InChI=1S/C18H29N3O2/c1-3-15(2)23-17-7-5-16(6-8-17)18(22)21-13-11-20(12-14-21)10-4-9-19/h5-8,15H,3-4,9-14,19H2,1-2H3. The van der Waals surface area contributed by atoms with Crippen molar-refractivity contribution in [3.8, 4) is 5.75 Å². The molecule has 0 aromatic heterocycles. The molecule has 1 fully saturated rings. The molecule has 5 heteroatoms. The maximum absolute atomic E-state index is 12.6. The first-order valence-corrected chi connectivity index (χ1v) is 8.62. The Morgan fingerprint density at radius 3 is 2.43 bits per heavy atom. The normalized spacial score (nSPS) is 17.1. The van der Waals surface area contributed by atoms with Crippen molar-refractivity contribution in [3.05, 3.63) is 29.8 Å². The third kappa shape index (κ3) is 5.22. The van der Waals surface area contributed by atoms with Gasteiger partial charge >= 0.3 is 0 Å². The van der Waals surface area contributed by atoms with Crippen LogP contribution in [0.5, 0.6) is 5.75 Å². The maximum atomic E-state index is 12.6. The molecule has 0 bridgehead atoms. The number of ether oxygens (including phenoxy) is 1. The molecule has 0 aliphatic carbocycles. The predicted octanol–water partition coefficient (Wildman–Crippen LogP) is 1.97. The second kappa shape index (κ2) is 8.89. The number of hydrogen-bond acceptors (Lipinski definition) is 4. The van der Waals surface area contributed by atoms with Crippen LogP contribution in [-0.2, 0) is 0 Å². The minimum absolute atomic E-state index is 0.110. The van der Waals surface area contributed by atoms with Crippen LogP contribution in [-0.4, -0.2) is 61.1 Å². The van der Waals surface area contributed by atoms with E-state index in [-0.39, 0.29) is 12.0 Å². The van der Waals surface area contributed by atoms with Gasteiger partial charge < -0.3 is 15.4 Å². The first-order valence-electron chi connectivity index (χ1n) is 8.62. The SMILES string of the molecule is CCC(C)Oc1ccc(C(=O)N2CCN(CCCN)CC2)cc1. The quantitative estimate of drug-likeness (QED) is 0.835. The minimum Gasteiger partial charge on any atom is -0.491 e. The van der Waals surface area contributed by atoms with Crippen LogP contribution in [0.15, 0.2) is 24.3 Å². The van der Waals surface area contributed by atoms with Crippen molar-refractivity contribution >= 4 is 5.91 Å². The molecule has 5 nitrogen and oxygen atoms in total. The van der Waals surface area contributed by atoms with Crippen LogP contribution in [0.25, 0.3) is 0 Å². The molecule has 0 radical (unpaired) electrons. The number of piperazine rings is 1. The highest BCUT2D eigenvalue weighted by atomic mass is 16.5. The van der Waals surface area contributed by atoms with Crippen molar-refractivity contribution in [3.63, 3.8) is 0 Å². The zero-order chi connectivity index (χ0) is 16.7. The fraction of sp³-hybridized carbons (Fsp3) is 0.611. The number of hydrogen-bond donors (Lipinski definition) is 1. The lowest BCUT2D eigenvalue weighted by Crippen LogP contribution is -2.49. The van der Waals surface area contributed by atoms with Gasteiger partial charge in [0.05, 0.1) is 6.10 Å². The summed E-state index contributed by atoms with van der Waals surface area (Å²) in [6, 6.07) is 7.50. The van der Waals surface area contributed by atoms with Gasteiger partial charge in [-0.15, -0.1) is 0 Å². The molecule has 0 spiro atoms. The fourth-order valence-corrected chi connectivity index (χ4v) is 2.66. The van der Waals surface area contributed by atoms with Crippen molar-refractivity contribution in [1.29, 1.82) is 0 Å². The summed E-state index contributed by atoms with van der Waals surface area (Å²) in [5, 5.41) is 0. The molecule has 1 aliphatic heterocycles. The van der Waals surface area contributed by atoms with E-state index in [1.54, 1.807) is 0 Å². The van der Waals surface area contributed by atoms with Crippen LogP contribution < -0.4 is 10.5 Å². The van der Waals surface area contributed by atoms with E-state index >= 15 is 0 Å². The van der Waals surface area contributed by atoms with E-state index in [1.807, 2.05) is 36.1 Å². The molecule has 23 heavy (non-hydrogen) atoms. The molecule has 2 N–H and O–H groups in total. The first-order chi connectivity index (χ1) is 11.1. The summed E-state index contributed by atoms with van der Waals surface area (Å²) >= 11 is 0. The predicted molar refractivity (Wildman–Crippen MR) is 92.8 cm³/mol. The van der Waals surface area contributed by atoms with Gasteiger partial charge in [0.2, 0.25) is 0 Å². The summed E-state index contributed by atoms with van der Waals surface area (Å²) in [7, 11) is 0. The Balaban J connectivity index is 1.86. The van der Waals surface area contributed by atoms with Gasteiger partial charge in [-0.1, -0.05) is 6.92 Å². The number of carbonyl (C=O) groups is 1. The Labute approximate surface area is 139 Å². The van der Waals surface area contributed by atoms with E-state index in [9.17, 15) is 4.79 Å². The van der Waals surface area contributed by atoms with Crippen molar-refractivity contribution in [2.75, 3.05) is 39.3 Å². The van der Waals surface area contributed by atoms with Crippen molar-refractivity contribution < 1.29 is 9.53 Å². The van der Waals surface area contributed by atoms with Crippen molar-refractivity contribution in [2.24, 2.45) is 5.73 Å². The van der Waals surface area contributed by atoms with Crippen LogP contribution in [0.1, 0.15) is 37.0 Å². The minimum atomic E-state index is 0.110. The van der Waals surface area contributed by atoms with Gasteiger partial charge in [0.25, 0.3) is 5.91 Å². The summed E-state index contributed by atoms with van der Waals surface area (Å²) in [5.41, 5.74) is 6.28. The lowest BCUT2D eigenvalue weighted by Gasteiger charge is -2.34. The lowest BCUT2D eigenvalue weighted by atomic mass is 10.1. The molecule has 1 amide bonds. The summed E-state index contributed by atoms with van der Waals surface area (Å²) < 4.78 is 5.75. The number of benzene rings is 1. The van der Waals surface area contributed by atoms with Crippen molar-refractivity contribution in [2.45, 2.75) is 32.8 Å². The van der Waals surface area contributed by atoms with E-state index < -0.39 is 0 Å². The Morgan fingerprint density at radius 2 is 1.87 bits per heavy atom. The van der Waals surface area contributed by atoms with Gasteiger partial charge in [-0.3, -0.25) is 9.69 Å². The third-order valence-corrected chi connectivity index (χ3v) is 4.35. The monoisotopic (exact) mass is 319 g/mol. The summed E-state index contributed by atoms with van der Waals surface area (Å²) in [6.07, 6.45) is 2.18. The summed E-state index contributed by atoms with van der Waals surface area (Å²) in [5.74, 6) is 0.932. The molecular formula is C18H29N3O2. The number of rotatable bonds is 7. The van der Waals surface area contributed by atoms with Crippen LogP contribution >= 0.6 is 0 Å². The average Bonchev–Trinajstić information content (AvgIpc) is 2.60. The molecular weight excluding hydrogens is 290 g/mol. The second-order valence-electron chi connectivity index (χ2n) is 6.14. The molecule has 1 aromatic rings. The Morgan fingerprint density at radius 1 is 1.22 bits per heavy atom. The van der Waals surface area contributed by atoms with Gasteiger partial charge in [-0.2, -0.15) is 0 Å². The van der Waals surface area contributed by atoms with E-state index in [2.05, 4.69) is 11.8 Å². The van der Waals surface area contributed by atoms with Crippen molar-refractivity contribution in [1.82, 2.24) is 9.80 Å². The highest BCUT2D eigenvalue weighted by Gasteiger charge is 2.21. The Kier molecular flexibility index (Phi) is 6.86. The topological polar surface area (TPSA) is 58.8 Å². The zero-order valence-corrected chi connectivity index (χ0v) is 14.3. The highest BCUT2D eigenvalue weighted by Crippen LogP contribution is 2.16. The molecule has 2 rings (SSSR count). The largest absolute Gasteiger partial charge is 0.491 e. The number of nitrogens with two attached hydrogens (primary N) is 1. The summed E-state index contributed by atoms with van der Waals surface area (Å²) in [4.78, 5) is 16.9. The maximum Gasteiger partial charge on any atom is 0.253 e. The van der Waals surface area contributed by atoms with E-state index in [1.165, 1.54) is 0 Å². The molecule has 1 atom stereocenters. The molecule has 0 saturated carbocycles. The van der Waals surface area contributed by atoms with Gasteiger partial charge in [0, 0.05) is 31.7 Å². The second-order valence-corrected chi connectivity index (χ2v) is 6.14. The number of amides is 1. The van der Waals surface area contributed by atoms with E-state index in [0.717, 1.165) is 63.4 Å². The molecule has 1 heterocycles. The lowest BCUT2D eigenvalue weighted by molar-refractivity contribution is 0.0636. The van der Waals surface area contributed by atoms with Gasteiger partial charge in [-0.05, 0) is 57.1 Å². The van der Waals surface area contributed by atoms with E-state index in [4.69, 9.17) is 10.5 Å². The number of carbonyl (C=O) groups excluding carboxylic acids is 1. The highest BCUT2D eigenvalue weighted by molar-refractivity contribution is 5.94. The van der Waals surface area contributed by atoms with Crippen LogP contribution in [0, 0.1) is 0 Å². The molecule has 1 aromatic carbocycles.